The molecule has 1 N–H and O–H groups in total. The zero-order valence-corrected chi connectivity index (χ0v) is 8.92. The van der Waals surface area contributed by atoms with E-state index in [0.717, 1.165) is 24.5 Å². The van der Waals surface area contributed by atoms with E-state index in [1.54, 1.807) is 0 Å². The van der Waals surface area contributed by atoms with Gasteiger partial charge in [0.1, 0.15) is 5.82 Å². The molecule has 0 aliphatic heterocycles. The minimum absolute atomic E-state index is 0.607. The van der Waals surface area contributed by atoms with Gasteiger partial charge in [-0.25, -0.2) is 4.98 Å². The summed E-state index contributed by atoms with van der Waals surface area (Å²) >= 11 is 0. The molecule has 0 amide bonds. The molecule has 0 fully saturated rings. The maximum atomic E-state index is 5.47. The van der Waals surface area contributed by atoms with Gasteiger partial charge in [0.15, 0.2) is 0 Å². The zero-order valence-electron chi connectivity index (χ0n) is 8.92. The summed E-state index contributed by atoms with van der Waals surface area (Å²) in [6, 6.07) is 5.90. The van der Waals surface area contributed by atoms with E-state index in [2.05, 4.69) is 17.2 Å². The van der Waals surface area contributed by atoms with Crippen molar-refractivity contribution in [2.75, 3.05) is 19.0 Å². The summed E-state index contributed by atoms with van der Waals surface area (Å²) in [6.45, 7) is 3.58. The van der Waals surface area contributed by atoms with Crippen LogP contribution in [0.25, 0.3) is 0 Å². The van der Waals surface area contributed by atoms with Crippen LogP contribution >= 0.6 is 0 Å². The van der Waals surface area contributed by atoms with Gasteiger partial charge in [-0.05, 0) is 18.6 Å². The average molecular weight is 194 g/mol. The van der Waals surface area contributed by atoms with E-state index < -0.39 is 0 Å². The molecule has 0 spiro atoms. The Hall–Kier alpha value is -1.09. The largest absolute Gasteiger partial charge is 0.375 e. The molecule has 1 rings (SSSR count). The van der Waals surface area contributed by atoms with Gasteiger partial charge in [-0.2, -0.15) is 0 Å². The second-order valence-electron chi connectivity index (χ2n) is 3.17. The Morgan fingerprint density at radius 2 is 2.29 bits per heavy atom. The molecule has 0 bridgehead atoms. The van der Waals surface area contributed by atoms with Gasteiger partial charge in [-0.3, -0.25) is 0 Å². The lowest BCUT2D eigenvalue weighted by atomic mass is 10.3. The molecule has 1 aromatic rings. The maximum absolute atomic E-state index is 5.47. The molecule has 0 aliphatic rings. The molecule has 0 aliphatic carbocycles. The first-order chi connectivity index (χ1) is 6.86. The lowest BCUT2D eigenvalue weighted by molar-refractivity contribution is 0.115. The minimum atomic E-state index is 0.607. The molecule has 0 radical (unpaired) electrons. The highest BCUT2D eigenvalue weighted by Crippen LogP contribution is 2.05. The highest BCUT2D eigenvalue weighted by molar-refractivity contribution is 5.33. The Labute approximate surface area is 85.5 Å². The van der Waals surface area contributed by atoms with Crippen LogP contribution in [0.4, 0.5) is 5.82 Å². The van der Waals surface area contributed by atoms with Crippen molar-refractivity contribution in [1.29, 1.82) is 0 Å². The van der Waals surface area contributed by atoms with E-state index in [9.17, 15) is 0 Å². The van der Waals surface area contributed by atoms with Crippen molar-refractivity contribution in [3.05, 3.63) is 23.9 Å². The number of hydrogen-bond acceptors (Lipinski definition) is 3. The fourth-order valence-corrected chi connectivity index (χ4v) is 1.12. The summed E-state index contributed by atoms with van der Waals surface area (Å²) < 4.78 is 5.47. The van der Waals surface area contributed by atoms with Crippen molar-refractivity contribution < 1.29 is 4.74 Å². The number of nitrogens with zero attached hydrogens (tertiary/aromatic N) is 1. The molecule has 0 saturated carbocycles. The predicted octanol–water partition coefficient (Wildman–Crippen LogP) is 2.44. The van der Waals surface area contributed by atoms with Crippen LogP contribution in [0.5, 0.6) is 0 Å². The number of unbranched alkanes of at least 4 members (excludes halogenated alkanes) is 1. The Bertz CT molecular complexity index is 263. The highest BCUT2D eigenvalue weighted by Gasteiger charge is 1.95. The molecular formula is C11H18N2O. The van der Waals surface area contributed by atoms with E-state index in [0.29, 0.717) is 6.61 Å². The number of hydrogen-bond donors (Lipinski definition) is 1. The van der Waals surface area contributed by atoms with Crippen molar-refractivity contribution in [3.63, 3.8) is 0 Å². The summed E-state index contributed by atoms with van der Waals surface area (Å²) in [5.74, 6) is 0.890. The van der Waals surface area contributed by atoms with E-state index >= 15 is 0 Å². The molecule has 0 unspecified atom stereocenters. The first kappa shape index (κ1) is 11.0. The maximum Gasteiger partial charge on any atom is 0.126 e. The van der Waals surface area contributed by atoms with Gasteiger partial charge in [0.25, 0.3) is 0 Å². The Kier molecular flexibility index (Phi) is 5.00. The SMILES string of the molecule is CCCCOCc1cccc(NC)n1. The molecule has 1 aromatic heterocycles. The molecule has 3 nitrogen and oxygen atoms in total. The van der Waals surface area contributed by atoms with Gasteiger partial charge < -0.3 is 10.1 Å². The fourth-order valence-electron chi connectivity index (χ4n) is 1.12. The quantitative estimate of drug-likeness (QED) is 0.706. The summed E-state index contributed by atoms with van der Waals surface area (Å²) in [6.07, 6.45) is 2.29. The van der Waals surface area contributed by atoms with Gasteiger partial charge in [0.2, 0.25) is 0 Å². The molecule has 0 aromatic carbocycles. The average Bonchev–Trinajstić information content (AvgIpc) is 2.25. The van der Waals surface area contributed by atoms with Gasteiger partial charge >= 0.3 is 0 Å². The topological polar surface area (TPSA) is 34.1 Å². The third kappa shape index (κ3) is 3.75. The predicted molar refractivity (Wildman–Crippen MR) is 58.3 cm³/mol. The smallest absolute Gasteiger partial charge is 0.126 e. The first-order valence-electron chi connectivity index (χ1n) is 5.08. The number of pyridine rings is 1. The van der Waals surface area contributed by atoms with Crippen LogP contribution < -0.4 is 5.32 Å². The number of anilines is 1. The lowest BCUT2D eigenvalue weighted by Gasteiger charge is -2.04. The van der Waals surface area contributed by atoms with Crippen molar-refractivity contribution >= 4 is 5.82 Å². The summed E-state index contributed by atoms with van der Waals surface area (Å²) in [5, 5.41) is 3.00. The molecule has 14 heavy (non-hydrogen) atoms. The van der Waals surface area contributed by atoms with Gasteiger partial charge in [0.05, 0.1) is 12.3 Å². The monoisotopic (exact) mass is 194 g/mol. The van der Waals surface area contributed by atoms with E-state index in [-0.39, 0.29) is 0 Å². The number of rotatable bonds is 6. The molecule has 3 heteroatoms. The first-order valence-corrected chi connectivity index (χ1v) is 5.08. The van der Waals surface area contributed by atoms with Gasteiger partial charge in [0, 0.05) is 13.7 Å². The van der Waals surface area contributed by atoms with Crippen LogP contribution in [-0.2, 0) is 11.3 Å². The lowest BCUT2D eigenvalue weighted by Crippen LogP contribution is -1.99. The van der Waals surface area contributed by atoms with Crippen LogP contribution in [0.15, 0.2) is 18.2 Å². The number of ether oxygens (including phenoxy) is 1. The van der Waals surface area contributed by atoms with Gasteiger partial charge in [-0.15, -0.1) is 0 Å². The van der Waals surface area contributed by atoms with Gasteiger partial charge in [-0.1, -0.05) is 19.4 Å². The molecule has 1 heterocycles. The fraction of sp³-hybridized carbons (Fsp3) is 0.545. The molecule has 78 valence electrons. The number of aromatic nitrogens is 1. The molecular weight excluding hydrogens is 176 g/mol. The van der Waals surface area contributed by atoms with Crippen LogP contribution in [-0.4, -0.2) is 18.6 Å². The van der Waals surface area contributed by atoms with Crippen molar-refractivity contribution in [2.45, 2.75) is 26.4 Å². The van der Waals surface area contributed by atoms with Crippen LogP contribution in [0, 0.1) is 0 Å². The highest BCUT2D eigenvalue weighted by atomic mass is 16.5. The number of nitrogens with one attached hydrogen (secondary N) is 1. The Morgan fingerprint density at radius 1 is 1.43 bits per heavy atom. The molecule has 0 atom stereocenters. The van der Waals surface area contributed by atoms with E-state index in [4.69, 9.17) is 4.74 Å². The third-order valence-electron chi connectivity index (χ3n) is 1.96. The zero-order chi connectivity index (χ0) is 10.2. The summed E-state index contributed by atoms with van der Waals surface area (Å²) in [7, 11) is 1.87. The van der Waals surface area contributed by atoms with Crippen molar-refractivity contribution in [2.24, 2.45) is 0 Å². The van der Waals surface area contributed by atoms with Crippen LogP contribution in [0.2, 0.25) is 0 Å². The Morgan fingerprint density at radius 3 is 3.00 bits per heavy atom. The molecule has 0 saturated heterocycles. The Balaban J connectivity index is 2.34. The third-order valence-corrected chi connectivity index (χ3v) is 1.96. The summed E-state index contributed by atoms with van der Waals surface area (Å²) in [4.78, 5) is 4.35. The van der Waals surface area contributed by atoms with Crippen LogP contribution in [0.1, 0.15) is 25.5 Å². The second-order valence-corrected chi connectivity index (χ2v) is 3.17. The normalized spacial score (nSPS) is 10.1. The van der Waals surface area contributed by atoms with E-state index in [1.165, 1.54) is 6.42 Å². The van der Waals surface area contributed by atoms with Crippen LogP contribution in [0.3, 0.4) is 0 Å². The van der Waals surface area contributed by atoms with Crippen molar-refractivity contribution in [1.82, 2.24) is 4.98 Å². The van der Waals surface area contributed by atoms with E-state index in [1.807, 2.05) is 25.2 Å². The second kappa shape index (κ2) is 6.38. The standard InChI is InChI=1S/C11H18N2O/c1-3-4-8-14-9-10-6-5-7-11(12-2)13-10/h5-7H,3-4,8-9H2,1-2H3,(H,12,13). The van der Waals surface area contributed by atoms with Crippen molar-refractivity contribution in [3.8, 4) is 0 Å². The summed E-state index contributed by atoms with van der Waals surface area (Å²) in [5.41, 5.74) is 0.980. The minimum Gasteiger partial charge on any atom is -0.375 e.